The van der Waals surface area contributed by atoms with Crippen molar-refractivity contribution in [2.75, 3.05) is 26.2 Å². The fourth-order valence-corrected chi connectivity index (χ4v) is 4.04. The van der Waals surface area contributed by atoms with Crippen molar-refractivity contribution in [2.24, 2.45) is 5.92 Å². The van der Waals surface area contributed by atoms with Crippen molar-refractivity contribution in [2.45, 2.75) is 26.7 Å². The predicted molar refractivity (Wildman–Crippen MR) is 109 cm³/mol. The average molecular weight is 441 g/mol. The van der Waals surface area contributed by atoms with Crippen molar-refractivity contribution in [3.63, 3.8) is 0 Å². The standard InChI is InChI=1S/C18H22Cl2N6O3/c1-3-23(4-2)16(27)12-7-6-10-24(11-12)17(28)26-18(29)25(21-22-26)15-13(19)8-5-9-14(15)20/h5,8-9,12H,3-4,6-7,10-11H2,1-2H3. The van der Waals surface area contributed by atoms with E-state index in [2.05, 4.69) is 10.4 Å². The number of rotatable bonds is 4. The fraction of sp³-hybridized carbons (Fsp3) is 0.500. The van der Waals surface area contributed by atoms with Crippen LogP contribution in [0.3, 0.4) is 0 Å². The Hall–Kier alpha value is -2.39. The maximum absolute atomic E-state index is 12.9. The van der Waals surface area contributed by atoms with Crippen molar-refractivity contribution in [3.8, 4) is 5.69 Å². The number of piperidine rings is 1. The third kappa shape index (κ3) is 4.16. The number of halogens is 2. The van der Waals surface area contributed by atoms with E-state index in [1.807, 2.05) is 13.8 Å². The molecule has 1 aromatic heterocycles. The van der Waals surface area contributed by atoms with E-state index in [0.29, 0.717) is 37.2 Å². The molecule has 0 N–H and O–H groups in total. The van der Waals surface area contributed by atoms with Gasteiger partial charge in [-0.1, -0.05) is 29.3 Å². The SMILES string of the molecule is CCN(CC)C(=O)C1CCCN(C(=O)n2nnn(-c3c(Cl)cccc3Cl)c2=O)C1. The van der Waals surface area contributed by atoms with Gasteiger partial charge in [0, 0.05) is 26.2 Å². The van der Waals surface area contributed by atoms with Crippen LogP contribution in [-0.4, -0.2) is 67.7 Å². The van der Waals surface area contributed by atoms with Crippen LogP contribution in [0.1, 0.15) is 26.7 Å². The molecule has 1 atom stereocenters. The van der Waals surface area contributed by atoms with E-state index in [-0.39, 0.29) is 34.1 Å². The molecule has 2 amide bonds. The topological polar surface area (TPSA) is 93.3 Å². The third-order valence-electron chi connectivity index (χ3n) is 5.03. The van der Waals surface area contributed by atoms with Crippen molar-refractivity contribution in [1.29, 1.82) is 0 Å². The summed E-state index contributed by atoms with van der Waals surface area (Å²) in [5.74, 6) is -0.275. The highest BCUT2D eigenvalue weighted by molar-refractivity contribution is 6.37. The molecule has 2 aromatic rings. The van der Waals surface area contributed by atoms with E-state index in [4.69, 9.17) is 23.2 Å². The van der Waals surface area contributed by atoms with Crippen LogP contribution in [0.4, 0.5) is 4.79 Å². The van der Waals surface area contributed by atoms with Gasteiger partial charge >= 0.3 is 11.7 Å². The van der Waals surface area contributed by atoms with E-state index < -0.39 is 11.7 Å². The number of hydrogen-bond donors (Lipinski definition) is 0. The monoisotopic (exact) mass is 440 g/mol. The van der Waals surface area contributed by atoms with Gasteiger partial charge in [0.2, 0.25) is 5.91 Å². The first-order valence-electron chi connectivity index (χ1n) is 9.46. The average Bonchev–Trinajstić information content (AvgIpc) is 3.09. The first-order chi connectivity index (χ1) is 13.9. The van der Waals surface area contributed by atoms with E-state index in [0.717, 1.165) is 4.68 Å². The number of para-hydroxylation sites is 1. The summed E-state index contributed by atoms with van der Waals surface area (Å²) in [6.45, 7) is 5.75. The molecule has 1 fully saturated rings. The summed E-state index contributed by atoms with van der Waals surface area (Å²) in [7, 11) is 0. The number of tetrazole rings is 1. The van der Waals surface area contributed by atoms with Crippen LogP contribution in [0.2, 0.25) is 10.0 Å². The first-order valence-corrected chi connectivity index (χ1v) is 10.2. The van der Waals surface area contributed by atoms with E-state index in [1.165, 1.54) is 4.90 Å². The van der Waals surface area contributed by atoms with Crippen LogP contribution >= 0.6 is 23.2 Å². The number of carbonyl (C=O) groups is 2. The van der Waals surface area contributed by atoms with Crippen molar-refractivity contribution >= 4 is 35.1 Å². The Bertz CT molecular complexity index is 948. The number of hydrogen-bond acceptors (Lipinski definition) is 5. The molecule has 11 heteroatoms. The lowest BCUT2D eigenvalue weighted by Crippen LogP contribution is -2.49. The van der Waals surface area contributed by atoms with Gasteiger partial charge in [0.1, 0.15) is 5.69 Å². The molecular formula is C18H22Cl2N6O3. The quantitative estimate of drug-likeness (QED) is 0.679. The molecule has 0 radical (unpaired) electrons. The lowest BCUT2D eigenvalue weighted by atomic mass is 9.96. The molecule has 1 unspecified atom stereocenters. The molecule has 2 heterocycles. The third-order valence-corrected chi connectivity index (χ3v) is 5.64. The number of aromatic nitrogens is 4. The summed E-state index contributed by atoms with van der Waals surface area (Å²) in [6.07, 6.45) is 1.37. The minimum absolute atomic E-state index is 0.0198. The minimum Gasteiger partial charge on any atom is -0.343 e. The van der Waals surface area contributed by atoms with Gasteiger partial charge in [0.25, 0.3) is 0 Å². The normalized spacial score (nSPS) is 16.7. The van der Waals surface area contributed by atoms with Gasteiger partial charge in [-0.05, 0) is 49.2 Å². The number of benzene rings is 1. The summed E-state index contributed by atoms with van der Waals surface area (Å²) in [5.41, 5.74) is -0.615. The van der Waals surface area contributed by atoms with Crippen LogP contribution in [-0.2, 0) is 4.79 Å². The number of carbonyl (C=O) groups excluding carboxylic acids is 2. The van der Waals surface area contributed by atoms with Crippen LogP contribution in [0, 0.1) is 5.92 Å². The summed E-state index contributed by atoms with van der Waals surface area (Å²) in [6, 6.07) is 4.13. The molecule has 0 spiro atoms. The zero-order valence-corrected chi connectivity index (χ0v) is 17.7. The zero-order valence-electron chi connectivity index (χ0n) is 16.2. The summed E-state index contributed by atoms with van der Waals surface area (Å²) in [5, 5.41) is 7.88. The summed E-state index contributed by atoms with van der Waals surface area (Å²) >= 11 is 12.3. The molecule has 9 nitrogen and oxygen atoms in total. The van der Waals surface area contributed by atoms with Crippen LogP contribution < -0.4 is 5.69 Å². The molecule has 156 valence electrons. The van der Waals surface area contributed by atoms with Crippen molar-refractivity contribution in [1.82, 2.24) is 29.6 Å². The first kappa shape index (κ1) is 21.3. The highest BCUT2D eigenvalue weighted by atomic mass is 35.5. The second kappa shape index (κ2) is 8.96. The second-order valence-corrected chi connectivity index (χ2v) is 7.55. The van der Waals surface area contributed by atoms with Gasteiger partial charge in [-0.3, -0.25) is 4.79 Å². The molecule has 1 aliphatic heterocycles. The van der Waals surface area contributed by atoms with Gasteiger partial charge < -0.3 is 9.80 Å². The van der Waals surface area contributed by atoms with Gasteiger partial charge in [-0.15, -0.1) is 4.68 Å². The van der Waals surface area contributed by atoms with E-state index >= 15 is 0 Å². The lowest BCUT2D eigenvalue weighted by Gasteiger charge is -2.33. The highest BCUT2D eigenvalue weighted by Crippen LogP contribution is 2.26. The molecule has 0 bridgehead atoms. The Balaban J connectivity index is 1.84. The summed E-state index contributed by atoms with van der Waals surface area (Å²) < 4.78 is 1.56. The van der Waals surface area contributed by atoms with Crippen molar-refractivity contribution in [3.05, 3.63) is 38.7 Å². The van der Waals surface area contributed by atoms with E-state index in [9.17, 15) is 14.4 Å². The molecule has 1 saturated heterocycles. The Morgan fingerprint density at radius 1 is 1.17 bits per heavy atom. The maximum Gasteiger partial charge on any atom is 0.377 e. The zero-order chi connectivity index (χ0) is 21.1. The Kier molecular flexibility index (Phi) is 6.59. The number of nitrogens with zero attached hydrogens (tertiary/aromatic N) is 6. The van der Waals surface area contributed by atoms with Gasteiger partial charge in [-0.2, -0.15) is 4.68 Å². The molecular weight excluding hydrogens is 419 g/mol. The largest absolute Gasteiger partial charge is 0.377 e. The molecule has 29 heavy (non-hydrogen) atoms. The fourth-order valence-electron chi connectivity index (χ4n) is 3.48. The Labute approximate surface area is 177 Å². The minimum atomic E-state index is -0.776. The Morgan fingerprint density at radius 2 is 1.83 bits per heavy atom. The molecule has 0 saturated carbocycles. The Morgan fingerprint density at radius 3 is 2.45 bits per heavy atom. The molecule has 0 aliphatic carbocycles. The highest BCUT2D eigenvalue weighted by Gasteiger charge is 2.32. The maximum atomic E-state index is 12.9. The predicted octanol–water partition coefficient (Wildman–Crippen LogP) is 2.28. The molecule has 1 aromatic carbocycles. The van der Waals surface area contributed by atoms with Gasteiger partial charge in [0.15, 0.2) is 0 Å². The number of likely N-dealkylation sites (tertiary alicyclic amines) is 1. The second-order valence-electron chi connectivity index (χ2n) is 6.73. The molecule has 3 rings (SSSR count). The van der Waals surface area contributed by atoms with Crippen LogP contribution in [0.5, 0.6) is 0 Å². The number of amides is 2. The molecule has 1 aliphatic rings. The van der Waals surface area contributed by atoms with Crippen LogP contribution in [0.15, 0.2) is 23.0 Å². The smallest absolute Gasteiger partial charge is 0.343 e. The van der Waals surface area contributed by atoms with Crippen LogP contribution in [0.25, 0.3) is 5.69 Å². The van der Waals surface area contributed by atoms with Gasteiger partial charge in [-0.25, -0.2) is 9.59 Å². The van der Waals surface area contributed by atoms with E-state index in [1.54, 1.807) is 23.1 Å². The summed E-state index contributed by atoms with van der Waals surface area (Å²) in [4.78, 5) is 41.5. The van der Waals surface area contributed by atoms with Crippen molar-refractivity contribution < 1.29 is 9.59 Å². The lowest BCUT2D eigenvalue weighted by molar-refractivity contribution is -0.136. The van der Waals surface area contributed by atoms with Gasteiger partial charge in [0.05, 0.1) is 16.0 Å².